The number of aliphatic hydroxyl groups is 1. The molecule has 0 bridgehead atoms. The van der Waals surface area contributed by atoms with Gasteiger partial charge in [0, 0.05) is 6.04 Å². The Bertz CT molecular complexity index is 505. The summed E-state index contributed by atoms with van der Waals surface area (Å²) >= 11 is 0. The molecule has 0 radical (unpaired) electrons. The highest BCUT2D eigenvalue weighted by atomic mass is 32.2. The van der Waals surface area contributed by atoms with Crippen LogP contribution in [0.4, 0.5) is 0 Å². The number of hydrogen-bond acceptors (Lipinski definition) is 4. The van der Waals surface area contributed by atoms with Crippen LogP contribution in [-0.4, -0.2) is 26.2 Å². The van der Waals surface area contributed by atoms with E-state index in [-0.39, 0.29) is 17.1 Å². The fourth-order valence-electron chi connectivity index (χ4n) is 1.16. The minimum Gasteiger partial charge on any atom is -0.395 e. The van der Waals surface area contributed by atoms with Crippen molar-refractivity contribution in [3.05, 3.63) is 29.8 Å². The SMILES string of the molecule is C[C@H](CO)NS(=O)(=O)c1ccccc1C#N. The van der Waals surface area contributed by atoms with Gasteiger partial charge in [0.15, 0.2) is 0 Å². The third-order valence-corrected chi connectivity index (χ3v) is 3.57. The molecule has 1 atom stereocenters. The smallest absolute Gasteiger partial charge is 0.242 e. The Hall–Kier alpha value is -1.42. The van der Waals surface area contributed by atoms with Crippen molar-refractivity contribution < 1.29 is 13.5 Å². The highest BCUT2D eigenvalue weighted by molar-refractivity contribution is 7.89. The molecule has 2 N–H and O–H groups in total. The monoisotopic (exact) mass is 240 g/mol. The molecule has 1 rings (SSSR count). The van der Waals surface area contributed by atoms with Crippen molar-refractivity contribution in [2.45, 2.75) is 17.9 Å². The zero-order valence-corrected chi connectivity index (χ0v) is 9.53. The van der Waals surface area contributed by atoms with Crippen molar-refractivity contribution in [3.63, 3.8) is 0 Å². The first-order chi connectivity index (χ1) is 7.51. The molecule has 0 saturated heterocycles. The highest BCUT2D eigenvalue weighted by Crippen LogP contribution is 2.14. The van der Waals surface area contributed by atoms with E-state index in [1.165, 1.54) is 19.1 Å². The molecule has 86 valence electrons. The molecule has 0 unspecified atom stereocenters. The van der Waals surface area contributed by atoms with Crippen LogP contribution in [0.1, 0.15) is 12.5 Å². The molecule has 1 aromatic carbocycles. The number of nitrogens with one attached hydrogen (secondary N) is 1. The van der Waals surface area contributed by atoms with E-state index in [4.69, 9.17) is 10.4 Å². The summed E-state index contributed by atoms with van der Waals surface area (Å²) in [5, 5.41) is 17.6. The predicted octanol–water partition coefficient (Wildman–Crippen LogP) is 0.217. The average Bonchev–Trinajstić information content (AvgIpc) is 2.28. The van der Waals surface area contributed by atoms with Gasteiger partial charge in [-0.2, -0.15) is 5.26 Å². The van der Waals surface area contributed by atoms with Crippen LogP contribution >= 0.6 is 0 Å². The van der Waals surface area contributed by atoms with Crippen LogP contribution in [0, 0.1) is 11.3 Å². The molecule has 6 heteroatoms. The summed E-state index contributed by atoms with van der Waals surface area (Å²) < 4.78 is 25.9. The molecule has 1 aromatic rings. The fraction of sp³-hybridized carbons (Fsp3) is 0.300. The second-order valence-electron chi connectivity index (χ2n) is 3.31. The van der Waals surface area contributed by atoms with Crippen LogP contribution in [0.15, 0.2) is 29.2 Å². The molecular formula is C10H12N2O3S. The van der Waals surface area contributed by atoms with Crippen molar-refractivity contribution in [1.29, 1.82) is 5.26 Å². The summed E-state index contributed by atoms with van der Waals surface area (Å²) in [4.78, 5) is -0.0715. The van der Waals surface area contributed by atoms with Crippen LogP contribution in [0.2, 0.25) is 0 Å². The Balaban J connectivity index is 3.13. The van der Waals surface area contributed by atoms with E-state index in [9.17, 15) is 8.42 Å². The fourth-order valence-corrected chi connectivity index (χ4v) is 2.55. The third-order valence-electron chi connectivity index (χ3n) is 1.93. The average molecular weight is 240 g/mol. The van der Waals surface area contributed by atoms with E-state index < -0.39 is 16.1 Å². The molecule has 0 spiro atoms. The zero-order valence-electron chi connectivity index (χ0n) is 8.71. The molecule has 0 heterocycles. The quantitative estimate of drug-likeness (QED) is 0.787. The van der Waals surface area contributed by atoms with Crippen LogP contribution in [-0.2, 0) is 10.0 Å². The molecule has 0 saturated carbocycles. The van der Waals surface area contributed by atoms with E-state index in [1.54, 1.807) is 12.1 Å². The minimum absolute atomic E-state index is 0.0715. The number of aliphatic hydroxyl groups excluding tert-OH is 1. The molecule has 0 fully saturated rings. The molecule has 0 aliphatic carbocycles. The second kappa shape index (κ2) is 5.07. The Morgan fingerprint density at radius 1 is 1.50 bits per heavy atom. The molecule has 5 nitrogen and oxygen atoms in total. The summed E-state index contributed by atoms with van der Waals surface area (Å²) in [7, 11) is -3.75. The maximum Gasteiger partial charge on any atom is 0.242 e. The minimum atomic E-state index is -3.75. The van der Waals surface area contributed by atoms with Gasteiger partial charge in [0.05, 0.1) is 17.1 Å². The van der Waals surface area contributed by atoms with Gasteiger partial charge < -0.3 is 5.11 Å². The topological polar surface area (TPSA) is 90.2 Å². The molecule has 0 amide bonds. The molecule has 0 aliphatic heterocycles. The highest BCUT2D eigenvalue weighted by Gasteiger charge is 2.19. The second-order valence-corrected chi connectivity index (χ2v) is 5.00. The van der Waals surface area contributed by atoms with Gasteiger partial charge in [0.1, 0.15) is 6.07 Å². The van der Waals surface area contributed by atoms with Gasteiger partial charge >= 0.3 is 0 Å². The largest absolute Gasteiger partial charge is 0.395 e. The van der Waals surface area contributed by atoms with E-state index in [0.717, 1.165) is 0 Å². The standard InChI is InChI=1S/C10H12N2O3S/c1-8(7-13)12-16(14,15)10-5-3-2-4-9(10)6-11/h2-5,8,12-13H,7H2,1H3/t8-/m1/s1. The van der Waals surface area contributed by atoms with Gasteiger partial charge in [-0.1, -0.05) is 12.1 Å². The van der Waals surface area contributed by atoms with Gasteiger partial charge in [-0.05, 0) is 19.1 Å². The van der Waals surface area contributed by atoms with Gasteiger partial charge in [-0.3, -0.25) is 0 Å². The number of nitriles is 1. The molecule has 0 aromatic heterocycles. The maximum absolute atomic E-state index is 11.8. The van der Waals surface area contributed by atoms with Gasteiger partial charge in [-0.25, -0.2) is 13.1 Å². The predicted molar refractivity (Wildman–Crippen MR) is 58.0 cm³/mol. The number of nitrogens with zero attached hydrogens (tertiary/aromatic N) is 1. The Labute approximate surface area is 94.4 Å². The zero-order chi connectivity index (χ0) is 12.2. The number of hydrogen-bond donors (Lipinski definition) is 2. The van der Waals surface area contributed by atoms with Crippen molar-refractivity contribution in [1.82, 2.24) is 4.72 Å². The number of benzene rings is 1. The number of rotatable bonds is 4. The molecular weight excluding hydrogens is 228 g/mol. The Morgan fingerprint density at radius 3 is 2.69 bits per heavy atom. The Morgan fingerprint density at radius 2 is 2.12 bits per heavy atom. The number of sulfonamides is 1. The lowest BCUT2D eigenvalue weighted by atomic mass is 10.2. The molecule has 0 aliphatic rings. The van der Waals surface area contributed by atoms with E-state index in [1.807, 2.05) is 6.07 Å². The van der Waals surface area contributed by atoms with Crippen molar-refractivity contribution in [2.24, 2.45) is 0 Å². The van der Waals surface area contributed by atoms with Gasteiger partial charge in [0.25, 0.3) is 0 Å². The first kappa shape index (κ1) is 12.6. The van der Waals surface area contributed by atoms with Crippen LogP contribution in [0.3, 0.4) is 0 Å². The summed E-state index contributed by atoms with van der Waals surface area (Å²) in [5.74, 6) is 0. The van der Waals surface area contributed by atoms with E-state index in [0.29, 0.717) is 0 Å². The first-order valence-electron chi connectivity index (χ1n) is 4.63. The third kappa shape index (κ3) is 2.79. The lowest BCUT2D eigenvalue weighted by Crippen LogP contribution is -2.35. The van der Waals surface area contributed by atoms with Gasteiger partial charge in [0.2, 0.25) is 10.0 Å². The van der Waals surface area contributed by atoms with Crippen molar-refractivity contribution in [3.8, 4) is 6.07 Å². The van der Waals surface area contributed by atoms with E-state index >= 15 is 0 Å². The van der Waals surface area contributed by atoms with E-state index in [2.05, 4.69) is 4.72 Å². The van der Waals surface area contributed by atoms with Crippen LogP contribution < -0.4 is 4.72 Å². The van der Waals surface area contributed by atoms with Crippen molar-refractivity contribution >= 4 is 10.0 Å². The molecule has 16 heavy (non-hydrogen) atoms. The van der Waals surface area contributed by atoms with Crippen LogP contribution in [0.25, 0.3) is 0 Å². The summed E-state index contributed by atoms with van der Waals surface area (Å²) in [6.07, 6.45) is 0. The summed E-state index contributed by atoms with van der Waals surface area (Å²) in [6.45, 7) is 1.24. The summed E-state index contributed by atoms with van der Waals surface area (Å²) in [6, 6.07) is 7.14. The van der Waals surface area contributed by atoms with Gasteiger partial charge in [-0.15, -0.1) is 0 Å². The van der Waals surface area contributed by atoms with Crippen molar-refractivity contribution in [2.75, 3.05) is 6.61 Å². The normalized spacial score (nSPS) is 13.1. The first-order valence-corrected chi connectivity index (χ1v) is 6.12. The lowest BCUT2D eigenvalue weighted by Gasteiger charge is -2.12. The lowest BCUT2D eigenvalue weighted by molar-refractivity contribution is 0.265. The Kier molecular flexibility index (Phi) is 4.01. The summed E-state index contributed by atoms with van der Waals surface area (Å²) in [5.41, 5.74) is 0.0835. The van der Waals surface area contributed by atoms with Crippen LogP contribution in [0.5, 0.6) is 0 Å². The maximum atomic E-state index is 11.8.